The van der Waals surface area contributed by atoms with Crippen LogP contribution in [0.2, 0.25) is 0 Å². The molecule has 162 valence electrons. The Morgan fingerprint density at radius 2 is 2.13 bits per heavy atom. The number of carbonyl (C=O) groups is 1. The molecule has 0 atom stereocenters. The number of hydroxylamine groups is 2. The molecule has 0 unspecified atom stereocenters. The highest BCUT2D eigenvalue weighted by Gasteiger charge is 2.33. The van der Waals surface area contributed by atoms with E-state index in [1.54, 1.807) is 35.8 Å². The van der Waals surface area contributed by atoms with Crippen molar-refractivity contribution in [2.24, 2.45) is 11.3 Å². The van der Waals surface area contributed by atoms with Crippen LogP contribution in [0.15, 0.2) is 47.9 Å². The van der Waals surface area contributed by atoms with Crippen LogP contribution in [-0.4, -0.2) is 55.4 Å². The first-order valence-corrected chi connectivity index (χ1v) is 10.1. The number of anilines is 1. The molecule has 0 bridgehead atoms. The van der Waals surface area contributed by atoms with E-state index in [4.69, 9.17) is 4.84 Å². The van der Waals surface area contributed by atoms with Crippen LogP contribution in [0.1, 0.15) is 20.8 Å². The summed E-state index contributed by atoms with van der Waals surface area (Å²) in [5, 5.41) is 7.87. The standard InChI is InChI=1S/C21H25N7O3/c1-21(2,3)20(30)31-27-11-14(12-27)8-23-17-7-18(25-13-24-17)28-19(29)16(10-26-28)15-5-4-6-22-9-15/h4-7,9-10,13-14,26H,8,11-12H2,1-3H3,(H,23,24,25). The van der Waals surface area contributed by atoms with E-state index in [0.717, 1.165) is 5.56 Å². The number of nitrogens with one attached hydrogen (secondary N) is 2. The van der Waals surface area contributed by atoms with E-state index in [2.05, 4.69) is 25.4 Å². The Morgan fingerprint density at radius 1 is 1.32 bits per heavy atom. The molecular weight excluding hydrogens is 398 g/mol. The van der Waals surface area contributed by atoms with Gasteiger partial charge in [0.1, 0.15) is 12.1 Å². The fraction of sp³-hybridized carbons (Fsp3) is 0.381. The molecule has 4 rings (SSSR count). The van der Waals surface area contributed by atoms with Crippen molar-refractivity contribution in [3.8, 4) is 16.9 Å². The molecule has 0 amide bonds. The zero-order chi connectivity index (χ0) is 22.0. The van der Waals surface area contributed by atoms with Gasteiger partial charge in [-0.25, -0.2) is 19.4 Å². The SMILES string of the molecule is CC(C)(C)C(=O)ON1CC(CNc2cc(-n3[nH]cc(-c4cccnc4)c3=O)ncn2)C1. The number of H-pyrrole nitrogens is 1. The van der Waals surface area contributed by atoms with Gasteiger partial charge in [-0.05, 0) is 26.8 Å². The maximum atomic E-state index is 12.8. The number of aromatic amines is 1. The van der Waals surface area contributed by atoms with Crippen molar-refractivity contribution >= 4 is 11.8 Å². The van der Waals surface area contributed by atoms with Crippen molar-refractivity contribution in [1.29, 1.82) is 0 Å². The summed E-state index contributed by atoms with van der Waals surface area (Å²) in [6.07, 6.45) is 6.35. The molecular formula is C21H25N7O3. The Hall–Kier alpha value is -3.53. The molecule has 10 heteroatoms. The average Bonchev–Trinajstić information content (AvgIpc) is 3.11. The third-order valence-corrected chi connectivity index (χ3v) is 4.95. The van der Waals surface area contributed by atoms with E-state index in [0.29, 0.717) is 42.8 Å². The van der Waals surface area contributed by atoms with Gasteiger partial charge in [-0.3, -0.25) is 14.9 Å². The third-order valence-electron chi connectivity index (χ3n) is 4.95. The number of pyridine rings is 1. The first-order valence-electron chi connectivity index (χ1n) is 10.1. The van der Waals surface area contributed by atoms with Gasteiger partial charge in [-0.15, -0.1) is 5.06 Å². The Labute approximate surface area is 179 Å². The Kier molecular flexibility index (Phi) is 5.55. The number of rotatable bonds is 6. The molecule has 10 nitrogen and oxygen atoms in total. The number of aromatic nitrogens is 5. The van der Waals surface area contributed by atoms with Gasteiger partial charge in [0.15, 0.2) is 5.82 Å². The maximum absolute atomic E-state index is 12.8. The summed E-state index contributed by atoms with van der Waals surface area (Å²) in [5.41, 5.74) is 0.512. The highest BCUT2D eigenvalue weighted by Crippen LogP contribution is 2.22. The second kappa shape index (κ2) is 8.31. The monoisotopic (exact) mass is 423 g/mol. The van der Waals surface area contributed by atoms with Gasteiger partial charge in [-0.2, -0.15) is 0 Å². The van der Waals surface area contributed by atoms with E-state index >= 15 is 0 Å². The summed E-state index contributed by atoms with van der Waals surface area (Å²) in [7, 11) is 0. The summed E-state index contributed by atoms with van der Waals surface area (Å²) in [6.45, 7) is 7.48. The van der Waals surface area contributed by atoms with Crippen LogP contribution in [0.5, 0.6) is 0 Å². The minimum atomic E-state index is -0.520. The summed E-state index contributed by atoms with van der Waals surface area (Å²) >= 11 is 0. The first kappa shape index (κ1) is 20.7. The molecule has 0 aliphatic carbocycles. The minimum Gasteiger partial charge on any atom is -0.370 e. The second-order valence-corrected chi connectivity index (χ2v) is 8.55. The lowest BCUT2D eigenvalue weighted by Crippen LogP contribution is -2.51. The van der Waals surface area contributed by atoms with Crippen molar-refractivity contribution < 1.29 is 9.63 Å². The molecule has 0 saturated carbocycles. The van der Waals surface area contributed by atoms with Gasteiger partial charge < -0.3 is 10.2 Å². The predicted molar refractivity (Wildman–Crippen MR) is 114 cm³/mol. The first-order chi connectivity index (χ1) is 14.8. The highest BCUT2D eigenvalue weighted by molar-refractivity contribution is 5.75. The molecule has 2 N–H and O–H groups in total. The number of hydrogen-bond acceptors (Lipinski definition) is 8. The smallest absolute Gasteiger partial charge is 0.330 e. The lowest BCUT2D eigenvalue weighted by molar-refractivity contribution is -0.227. The summed E-state index contributed by atoms with van der Waals surface area (Å²) < 4.78 is 1.37. The molecule has 0 aromatic carbocycles. The lowest BCUT2D eigenvalue weighted by atomic mass is 9.97. The van der Waals surface area contributed by atoms with Crippen molar-refractivity contribution in [1.82, 2.24) is 29.8 Å². The molecule has 1 saturated heterocycles. The topological polar surface area (TPSA) is 118 Å². The van der Waals surface area contributed by atoms with Crippen LogP contribution in [0, 0.1) is 11.3 Å². The normalized spacial score (nSPS) is 14.8. The molecule has 3 aromatic heterocycles. The number of carbonyl (C=O) groups excluding carboxylic acids is 1. The van der Waals surface area contributed by atoms with E-state index in [1.165, 1.54) is 11.0 Å². The summed E-state index contributed by atoms with van der Waals surface area (Å²) in [4.78, 5) is 42.5. The number of nitrogens with zero attached hydrogens (tertiary/aromatic N) is 5. The molecule has 31 heavy (non-hydrogen) atoms. The van der Waals surface area contributed by atoms with Crippen molar-refractivity contribution in [2.75, 3.05) is 25.0 Å². The van der Waals surface area contributed by atoms with Crippen LogP contribution >= 0.6 is 0 Å². The van der Waals surface area contributed by atoms with Crippen LogP contribution in [0.25, 0.3) is 16.9 Å². The van der Waals surface area contributed by atoms with E-state index in [1.807, 2.05) is 26.8 Å². The quantitative estimate of drug-likeness (QED) is 0.617. The Bertz CT molecular complexity index is 1110. The fourth-order valence-corrected chi connectivity index (χ4v) is 3.06. The van der Waals surface area contributed by atoms with Gasteiger partial charge in [0.05, 0.1) is 11.0 Å². The molecule has 4 heterocycles. The second-order valence-electron chi connectivity index (χ2n) is 8.55. The van der Waals surface area contributed by atoms with Gasteiger partial charge in [0, 0.05) is 55.8 Å². The molecule has 1 fully saturated rings. The number of hydrogen-bond donors (Lipinski definition) is 2. The fourth-order valence-electron chi connectivity index (χ4n) is 3.06. The van der Waals surface area contributed by atoms with E-state index in [9.17, 15) is 9.59 Å². The van der Waals surface area contributed by atoms with Crippen molar-refractivity contribution in [2.45, 2.75) is 20.8 Å². The third kappa shape index (κ3) is 4.64. The van der Waals surface area contributed by atoms with Gasteiger partial charge in [0.25, 0.3) is 5.56 Å². The van der Waals surface area contributed by atoms with Crippen LogP contribution < -0.4 is 10.9 Å². The minimum absolute atomic E-state index is 0.215. The molecule has 1 aliphatic rings. The lowest BCUT2D eigenvalue weighted by Gasteiger charge is -2.38. The summed E-state index contributed by atoms with van der Waals surface area (Å²) in [5.74, 6) is 1.14. The van der Waals surface area contributed by atoms with E-state index in [-0.39, 0.29) is 11.5 Å². The molecule has 0 radical (unpaired) electrons. The van der Waals surface area contributed by atoms with Crippen LogP contribution in [0.4, 0.5) is 5.82 Å². The van der Waals surface area contributed by atoms with Gasteiger partial charge >= 0.3 is 5.97 Å². The predicted octanol–water partition coefficient (Wildman–Crippen LogP) is 1.87. The van der Waals surface area contributed by atoms with Crippen molar-refractivity contribution in [3.63, 3.8) is 0 Å². The Balaban J connectivity index is 1.36. The zero-order valence-corrected chi connectivity index (χ0v) is 17.7. The van der Waals surface area contributed by atoms with Crippen LogP contribution in [-0.2, 0) is 9.63 Å². The van der Waals surface area contributed by atoms with Gasteiger partial charge in [-0.1, -0.05) is 6.07 Å². The summed E-state index contributed by atoms with van der Waals surface area (Å²) in [6, 6.07) is 5.32. The zero-order valence-electron chi connectivity index (χ0n) is 17.7. The van der Waals surface area contributed by atoms with Crippen molar-refractivity contribution in [3.05, 3.63) is 53.5 Å². The molecule has 0 spiro atoms. The molecule has 1 aliphatic heterocycles. The highest BCUT2D eigenvalue weighted by atomic mass is 16.7. The average molecular weight is 423 g/mol. The Morgan fingerprint density at radius 3 is 2.84 bits per heavy atom. The largest absolute Gasteiger partial charge is 0.370 e. The molecule has 3 aromatic rings. The van der Waals surface area contributed by atoms with Gasteiger partial charge in [0.2, 0.25) is 0 Å². The maximum Gasteiger partial charge on any atom is 0.330 e. The van der Waals surface area contributed by atoms with Crippen LogP contribution in [0.3, 0.4) is 0 Å². The van der Waals surface area contributed by atoms with E-state index < -0.39 is 5.41 Å².